The van der Waals surface area contributed by atoms with Gasteiger partial charge in [-0.25, -0.2) is 0 Å². The van der Waals surface area contributed by atoms with Gasteiger partial charge in [-0.2, -0.15) is 0 Å². The molecule has 0 aliphatic carbocycles. The summed E-state index contributed by atoms with van der Waals surface area (Å²) in [6.07, 6.45) is 0. The fourth-order valence-corrected chi connectivity index (χ4v) is 2.23. The number of Topliss-reactive ketones (excluding diaryl/α,β-unsaturated/α-hetero) is 1. The number of benzene rings is 1. The molecule has 0 heterocycles. The maximum absolute atomic E-state index is 11.5. The third kappa shape index (κ3) is 1.81. The molecular formula is C10H12BrNO2. The number of hydrogen-bond donors (Lipinski definition) is 2. The third-order valence-corrected chi connectivity index (χ3v) is 2.78. The molecular weight excluding hydrogens is 246 g/mol. The van der Waals surface area contributed by atoms with Crippen LogP contribution in [0.5, 0.6) is 5.75 Å². The van der Waals surface area contributed by atoms with Crippen molar-refractivity contribution in [2.45, 2.75) is 13.8 Å². The van der Waals surface area contributed by atoms with Gasteiger partial charge in [-0.15, -0.1) is 0 Å². The van der Waals surface area contributed by atoms with Crippen LogP contribution in [0.2, 0.25) is 0 Å². The highest BCUT2D eigenvalue weighted by Gasteiger charge is 2.16. The molecule has 76 valence electrons. The molecule has 3 N–H and O–H groups in total. The molecule has 0 fully saturated rings. The lowest BCUT2D eigenvalue weighted by Crippen LogP contribution is -2.15. The second kappa shape index (κ2) is 4.11. The highest BCUT2D eigenvalue weighted by atomic mass is 79.9. The Morgan fingerprint density at radius 3 is 2.64 bits per heavy atom. The van der Waals surface area contributed by atoms with E-state index in [2.05, 4.69) is 15.9 Å². The van der Waals surface area contributed by atoms with Crippen LogP contribution in [0.15, 0.2) is 10.5 Å². The molecule has 4 heteroatoms. The summed E-state index contributed by atoms with van der Waals surface area (Å²) in [6.45, 7) is 3.43. The quantitative estimate of drug-likeness (QED) is 0.796. The highest BCUT2D eigenvalue weighted by Crippen LogP contribution is 2.31. The van der Waals surface area contributed by atoms with Crippen LogP contribution in [0.4, 0.5) is 0 Å². The van der Waals surface area contributed by atoms with Crippen molar-refractivity contribution in [2.24, 2.45) is 5.73 Å². The number of phenolic OH excluding ortho intramolecular Hbond substituents is 1. The maximum Gasteiger partial charge on any atom is 0.177 e. The zero-order valence-corrected chi connectivity index (χ0v) is 9.68. The van der Waals surface area contributed by atoms with Crippen molar-refractivity contribution >= 4 is 21.7 Å². The average molecular weight is 258 g/mol. The molecule has 0 saturated heterocycles. The third-order valence-electron chi connectivity index (χ3n) is 2.15. The van der Waals surface area contributed by atoms with Crippen molar-refractivity contribution in [1.29, 1.82) is 0 Å². The van der Waals surface area contributed by atoms with Crippen LogP contribution >= 0.6 is 15.9 Å². The van der Waals surface area contributed by atoms with E-state index in [-0.39, 0.29) is 18.1 Å². The first-order valence-electron chi connectivity index (χ1n) is 4.21. The minimum absolute atomic E-state index is 0.0536. The van der Waals surface area contributed by atoms with Gasteiger partial charge in [-0.3, -0.25) is 4.79 Å². The van der Waals surface area contributed by atoms with Gasteiger partial charge in [0.2, 0.25) is 0 Å². The van der Waals surface area contributed by atoms with Gasteiger partial charge < -0.3 is 10.8 Å². The summed E-state index contributed by atoms with van der Waals surface area (Å²) in [5, 5.41) is 9.64. The van der Waals surface area contributed by atoms with Crippen LogP contribution in [-0.4, -0.2) is 17.4 Å². The van der Waals surface area contributed by atoms with Crippen molar-refractivity contribution in [1.82, 2.24) is 0 Å². The van der Waals surface area contributed by atoms with Crippen molar-refractivity contribution in [3.8, 4) is 5.75 Å². The molecule has 0 unspecified atom stereocenters. The number of rotatable bonds is 2. The number of ketones is 1. The van der Waals surface area contributed by atoms with Crippen LogP contribution in [0.1, 0.15) is 21.5 Å². The predicted octanol–water partition coefficient (Wildman–Crippen LogP) is 1.91. The lowest BCUT2D eigenvalue weighted by atomic mass is 10.0. The van der Waals surface area contributed by atoms with E-state index in [1.54, 1.807) is 19.9 Å². The largest absolute Gasteiger partial charge is 0.507 e. The molecule has 0 amide bonds. The van der Waals surface area contributed by atoms with Crippen LogP contribution in [0.25, 0.3) is 0 Å². The molecule has 1 aromatic carbocycles. The first kappa shape index (κ1) is 11.2. The van der Waals surface area contributed by atoms with Gasteiger partial charge >= 0.3 is 0 Å². The molecule has 0 radical (unpaired) electrons. The second-order valence-electron chi connectivity index (χ2n) is 3.15. The van der Waals surface area contributed by atoms with Crippen LogP contribution in [-0.2, 0) is 0 Å². The molecule has 0 atom stereocenters. The Morgan fingerprint density at radius 1 is 1.57 bits per heavy atom. The van der Waals surface area contributed by atoms with E-state index in [0.29, 0.717) is 15.6 Å². The Hall–Kier alpha value is -0.870. The standard InChI is InChI=1S/C10H12BrNO2/c1-5-3-7(11)9(8(13)4-12)6(2)10(5)14/h3,14H,4,12H2,1-2H3. The van der Waals surface area contributed by atoms with Gasteiger partial charge in [-0.1, -0.05) is 15.9 Å². The molecule has 1 aromatic rings. The molecule has 1 rings (SSSR count). The van der Waals surface area contributed by atoms with Gasteiger partial charge in [0.15, 0.2) is 5.78 Å². The van der Waals surface area contributed by atoms with E-state index in [4.69, 9.17) is 5.73 Å². The molecule has 0 spiro atoms. The number of hydrogen-bond acceptors (Lipinski definition) is 3. The van der Waals surface area contributed by atoms with Gasteiger partial charge in [0.25, 0.3) is 0 Å². The van der Waals surface area contributed by atoms with E-state index >= 15 is 0 Å². The Balaban J connectivity index is 3.44. The van der Waals surface area contributed by atoms with Crippen molar-refractivity contribution in [2.75, 3.05) is 6.54 Å². The van der Waals surface area contributed by atoms with Gasteiger partial charge in [0.1, 0.15) is 5.75 Å². The summed E-state index contributed by atoms with van der Waals surface area (Å²) in [5.74, 6) is -0.0188. The van der Waals surface area contributed by atoms with Gasteiger partial charge in [0, 0.05) is 15.6 Å². The molecule has 0 bridgehead atoms. The van der Waals surface area contributed by atoms with E-state index in [9.17, 15) is 9.90 Å². The number of aromatic hydroxyl groups is 1. The first-order valence-corrected chi connectivity index (χ1v) is 5.00. The van der Waals surface area contributed by atoms with Gasteiger partial charge in [-0.05, 0) is 25.5 Å². The number of nitrogens with two attached hydrogens (primary N) is 1. The zero-order chi connectivity index (χ0) is 10.9. The van der Waals surface area contributed by atoms with E-state index < -0.39 is 0 Å². The van der Waals surface area contributed by atoms with Crippen LogP contribution in [0, 0.1) is 13.8 Å². The summed E-state index contributed by atoms with van der Waals surface area (Å²) < 4.78 is 0.681. The highest BCUT2D eigenvalue weighted by molar-refractivity contribution is 9.10. The monoisotopic (exact) mass is 257 g/mol. The number of halogens is 1. The molecule has 0 aliphatic heterocycles. The maximum atomic E-state index is 11.5. The van der Waals surface area contributed by atoms with Crippen LogP contribution < -0.4 is 5.73 Å². The molecule has 14 heavy (non-hydrogen) atoms. The summed E-state index contributed by atoms with van der Waals surface area (Å²) in [4.78, 5) is 11.5. The Labute approximate surface area is 91.1 Å². The Bertz CT molecular complexity index is 388. The number of carbonyl (C=O) groups is 1. The Kier molecular flexibility index (Phi) is 3.29. The van der Waals surface area contributed by atoms with E-state index in [1.165, 1.54) is 0 Å². The van der Waals surface area contributed by atoms with Crippen LogP contribution in [0.3, 0.4) is 0 Å². The summed E-state index contributed by atoms with van der Waals surface area (Å²) in [5.41, 5.74) is 7.06. The molecule has 0 aliphatic rings. The predicted molar refractivity (Wildman–Crippen MR) is 58.7 cm³/mol. The fourth-order valence-electron chi connectivity index (χ4n) is 1.37. The van der Waals surface area contributed by atoms with Gasteiger partial charge in [0.05, 0.1) is 6.54 Å². The molecule has 0 saturated carbocycles. The average Bonchev–Trinajstić information content (AvgIpc) is 2.14. The number of aryl methyl sites for hydroxylation is 1. The fraction of sp³-hybridized carbons (Fsp3) is 0.300. The topological polar surface area (TPSA) is 63.3 Å². The van der Waals surface area contributed by atoms with E-state index in [1.807, 2.05) is 0 Å². The van der Waals surface area contributed by atoms with Crippen molar-refractivity contribution in [3.63, 3.8) is 0 Å². The summed E-state index contributed by atoms with van der Waals surface area (Å²) >= 11 is 3.29. The SMILES string of the molecule is Cc1cc(Br)c(C(=O)CN)c(C)c1O. The Morgan fingerprint density at radius 2 is 2.14 bits per heavy atom. The lowest BCUT2D eigenvalue weighted by Gasteiger charge is -2.10. The minimum Gasteiger partial charge on any atom is -0.507 e. The molecule has 3 nitrogen and oxygen atoms in total. The van der Waals surface area contributed by atoms with E-state index in [0.717, 1.165) is 5.56 Å². The van der Waals surface area contributed by atoms with Crippen molar-refractivity contribution < 1.29 is 9.90 Å². The number of phenols is 1. The van der Waals surface area contributed by atoms with Crippen molar-refractivity contribution in [3.05, 3.63) is 27.2 Å². The first-order chi connectivity index (χ1) is 6.49. The smallest absolute Gasteiger partial charge is 0.177 e. The number of carbonyl (C=O) groups excluding carboxylic acids is 1. The molecule has 0 aromatic heterocycles. The minimum atomic E-state index is -0.176. The summed E-state index contributed by atoms with van der Waals surface area (Å²) in [6, 6.07) is 1.71. The zero-order valence-electron chi connectivity index (χ0n) is 8.10. The summed E-state index contributed by atoms with van der Waals surface area (Å²) in [7, 11) is 0. The lowest BCUT2D eigenvalue weighted by molar-refractivity contribution is 0.0999. The normalized spacial score (nSPS) is 10.3. The second-order valence-corrected chi connectivity index (χ2v) is 4.01.